The lowest BCUT2D eigenvalue weighted by Crippen LogP contribution is -2.46. The van der Waals surface area contributed by atoms with E-state index in [0.717, 1.165) is 23.1 Å². The number of fused-ring (bicyclic) bond motifs is 1. The topological polar surface area (TPSA) is 75.6 Å². The fraction of sp³-hybridized carbons (Fsp3) is 0.400. The molecule has 6 heteroatoms. The minimum Gasteiger partial charge on any atom is -0.495 e. The molecule has 0 bridgehead atoms. The summed E-state index contributed by atoms with van der Waals surface area (Å²) in [5.74, 6) is 0.307. The van der Waals surface area contributed by atoms with Gasteiger partial charge >= 0.3 is 0 Å². The van der Waals surface area contributed by atoms with Crippen LogP contribution >= 0.6 is 0 Å². The van der Waals surface area contributed by atoms with Crippen molar-refractivity contribution in [2.24, 2.45) is 0 Å². The molecule has 0 fully saturated rings. The van der Waals surface area contributed by atoms with Gasteiger partial charge in [0, 0.05) is 13.0 Å². The standard InChI is InChI=1S/C20H25NO4S/c1-14-10-18(25-3)19(11-15(14)2)26(23,24)21-13-20(22)9-8-16-6-4-5-7-17(16)12-20/h4-7,10-11,21-22H,8-9,12-13H2,1-3H3. The van der Waals surface area contributed by atoms with Crippen LogP contribution in [0.3, 0.4) is 0 Å². The third-order valence-electron chi connectivity index (χ3n) is 5.16. The van der Waals surface area contributed by atoms with E-state index in [2.05, 4.69) is 10.8 Å². The summed E-state index contributed by atoms with van der Waals surface area (Å²) in [5, 5.41) is 10.9. The molecule has 2 aromatic carbocycles. The Balaban J connectivity index is 1.80. The predicted molar refractivity (Wildman–Crippen MR) is 101 cm³/mol. The summed E-state index contributed by atoms with van der Waals surface area (Å²) in [7, 11) is -2.34. The lowest BCUT2D eigenvalue weighted by atomic mass is 9.80. The summed E-state index contributed by atoms with van der Waals surface area (Å²) in [6.07, 6.45) is 1.70. The van der Waals surface area contributed by atoms with Gasteiger partial charge in [0.25, 0.3) is 0 Å². The second-order valence-corrected chi connectivity index (χ2v) is 8.82. The van der Waals surface area contributed by atoms with E-state index in [1.54, 1.807) is 12.1 Å². The molecular formula is C20H25NO4S. The first-order chi connectivity index (χ1) is 12.2. The first-order valence-corrected chi connectivity index (χ1v) is 10.2. The minimum atomic E-state index is -3.79. The number of hydrogen-bond acceptors (Lipinski definition) is 4. The highest BCUT2D eigenvalue weighted by Crippen LogP contribution is 2.30. The largest absolute Gasteiger partial charge is 0.495 e. The number of rotatable bonds is 5. The van der Waals surface area contributed by atoms with Crippen LogP contribution in [0.15, 0.2) is 41.3 Å². The second kappa shape index (κ2) is 7.02. The summed E-state index contributed by atoms with van der Waals surface area (Å²) in [6, 6.07) is 11.3. The highest BCUT2D eigenvalue weighted by atomic mass is 32.2. The Morgan fingerprint density at radius 3 is 2.50 bits per heavy atom. The van der Waals surface area contributed by atoms with Crippen molar-refractivity contribution in [3.05, 3.63) is 58.7 Å². The van der Waals surface area contributed by atoms with Gasteiger partial charge in [-0.1, -0.05) is 24.3 Å². The molecule has 140 valence electrons. The second-order valence-electron chi connectivity index (χ2n) is 7.08. The van der Waals surface area contributed by atoms with Gasteiger partial charge in [0.2, 0.25) is 10.0 Å². The van der Waals surface area contributed by atoms with Gasteiger partial charge in [0.1, 0.15) is 10.6 Å². The smallest absolute Gasteiger partial charge is 0.244 e. The first kappa shape index (κ1) is 18.9. The van der Waals surface area contributed by atoms with Crippen LogP contribution in [0.5, 0.6) is 5.75 Å². The van der Waals surface area contributed by atoms with Gasteiger partial charge in [-0.05, 0) is 61.1 Å². The number of ether oxygens (including phenoxy) is 1. The summed E-state index contributed by atoms with van der Waals surface area (Å²) in [4.78, 5) is 0.0999. The molecule has 3 rings (SSSR count). The van der Waals surface area contributed by atoms with E-state index < -0.39 is 15.6 Å². The zero-order chi connectivity index (χ0) is 18.9. The Hall–Kier alpha value is -1.89. The lowest BCUT2D eigenvalue weighted by molar-refractivity contribution is 0.0317. The number of aryl methyl sites for hydroxylation is 3. The van der Waals surface area contributed by atoms with Crippen LogP contribution < -0.4 is 9.46 Å². The van der Waals surface area contributed by atoms with Crippen molar-refractivity contribution >= 4 is 10.0 Å². The zero-order valence-corrected chi connectivity index (χ0v) is 16.2. The molecule has 1 atom stereocenters. The molecule has 0 radical (unpaired) electrons. The van der Waals surface area contributed by atoms with E-state index in [1.165, 1.54) is 12.7 Å². The number of methoxy groups -OCH3 is 1. The average Bonchev–Trinajstić information content (AvgIpc) is 2.62. The summed E-state index contributed by atoms with van der Waals surface area (Å²) in [6.45, 7) is 3.74. The van der Waals surface area contributed by atoms with Crippen LogP contribution in [0.25, 0.3) is 0 Å². The average molecular weight is 375 g/mol. The van der Waals surface area contributed by atoms with Gasteiger partial charge in [0.15, 0.2) is 0 Å². The van der Waals surface area contributed by atoms with E-state index in [1.807, 2.05) is 32.0 Å². The molecule has 1 unspecified atom stereocenters. The molecule has 0 aliphatic heterocycles. The van der Waals surface area contributed by atoms with E-state index in [4.69, 9.17) is 4.74 Å². The van der Waals surface area contributed by atoms with E-state index >= 15 is 0 Å². The molecule has 1 aliphatic rings. The zero-order valence-electron chi connectivity index (χ0n) is 15.4. The summed E-state index contributed by atoms with van der Waals surface area (Å²) < 4.78 is 33.4. The van der Waals surface area contributed by atoms with Crippen molar-refractivity contribution < 1.29 is 18.3 Å². The molecule has 2 aromatic rings. The van der Waals surface area contributed by atoms with Gasteiger partial charge in [-0.25, -0.2) is 13.1 Å². The van der Waals surface area contributed by atoms with Gasteiger partial charge in [-0.15, -0.1) is 0 Å². The molecule has 1 aliphatic carbocycles. The predicted octanol–water partition coefficient (Wildman–Crippen LogP) is 2.51. The Labute approximate surface area is 155 Å². The van der Waals surface area contributed by atoms with Crippen molar-refractivity contribution in [1.29, 1.82) is 0 Å². The molecule has 0 saturated carbocycles. The maximum absolute atomic E-state index is 12.8. The van der Waals surface area contributed by atoms with Crippen LogP contribution in [0.1, 0.15) is 28.7 Å². The Morgan fingerprint density at radius 1 is 1.15 bits per heavy atom. The maximum atomic E-state index is 12.8. The minimum absolute atomic E-state index is 0.0280. The molecule has 26 heavy (non-hydrogen) atoms. The van der Waals surface area contributed by atoms with Crippen LogP contribution in [-0.2, 0) is 22.9 Å². The van der Waals surface area contributed by atoms with Gasteiger partial charge in [0.05, 0.1) is 12.7 Å². The SMILES string of the molecule is COc1cc(C)c(C)cc1S(=O)(=O)NCC1(O)CCc2ccccc2C1. The number of benzene rings is 2. The Morgan fingerprint density at radius 2 is 1.81 bits per heavy atom. The number of nitrogens with one attached hydrogen (secondary N) is 1. The highest BCUT2D eigenvalue weighted by Gasteiger charge is 2.34. The van der Waals surface area contributed by atoms with E-state index in [0.29, 0.717) is 18.6 Å². The third-order valence-corrected chi connectivity index (χ3v) is 6.58. The fourth-order valence-corrected chi connectivity index (χ4v) is 4.73. The van der Waals surface area contributed by atoms with E-state index in [9.17, 15) is 13.5 Å². The van der Waals surface area contributed by atoms with Gasteiger partial charge in [-0.2, -0.15) is 0 Å². The molecule has 0 heterocycles. The molecule has 0 amide bonds. The normalized spacial score (nSPS) is 19.8. The van der Waals surface area contributed by atoms with Crippen molar-refractivity contribution in [3.8, 4) is 5.75 Å². The third kappa shape index (κ3) is 3.77. The number of aliphatic hydroxyl groups is 1. The van der Waals surface area contributed by atoms with Crippen LogP contribution in [0, 0.1) is 13.8 Å². The molecule has 0 aromatic heterocycles. The van der Waals surface area contributed by atoms with Crippen LogP contribution in [-0.4, -0.2) is 32.8 Å². The van der Waals surface area contributed by atoms with Crippen molar-refractivity contribution in [2.45, 2.75) is 43.6 Å². The molecular weight excluding hydrogens is 350 g/mol. The van der Waals surface area contributed by atoms with Gasteiger partial charge < -0.3 is 9.84 Å². The maximum Gasteiger partial charge on any atom is 0.244 e. The first-order valence-electron chi connectivity index (χ1n) is 8.68. The molecule has 2 N–H and O–H groups in total. The van der Waals surface area contributed by atoms with Crippen LogP contribution in [0.2, 0.25) is 0 Å². The Bertz CT molecular complexity index is 923. The quantitative estimate of drug-likeness (QED) is 0.842. The Kier molecular flexibility index (Phi) is 5.10. The van der Waals surface area contributed by atoms with Crippen molar-refractivity contribution in [3.63, 3.8) is 0 Å². The number of hydrogen-bond donors (Lipinski definition) is 2. The molecule has 0 saturated heterocycles. The van der Waals surface area contributed by atoms with Crippen LogP contribution in [0.4, 0.5) is 0 Å². The summed E-state index contributed by atoms with van der Waals surface area (Å²) in [5.41, 5.74) is 3.04. The highest BCUT2D eigenvalue weighted by molar-refractivity contribution is 7.89. The lowest BCUT2D eigenvalue weighted by Gasteiger charge is -2.33. The fourth-order valence-electron chi connectivity index (χ4n) is 3.37. The van der Waals surface area contributed by atoms with E-state index in [-0.39, 0.29) is 11.4 Å². The summed E-state index contributed by atoms with van der Waals surface area (Å²) >= 11 is 0. The van der Waals surface area contributed by atoms with Crippen molar-refractivity contribution in [2.75, 3.05) is 13.7 Å². The monoisotopic (exact) mass is 375 g/mol. The van der Waals surface area contributed by atoms with Gasteiger partial charge in [-0.3, -0.25) is 0 Å². The number of sulfonamides is 1. The molecule has 5 nitrogen and oxygen atoms in total. The van der Waals surface area contributed by atoms with Crippen molar-refractivity contribution in [1.82, 2.24) is 4.72 Å². The molecule has 0 spiro atoms.